The second-order valence-corrected chi connectivity index (χ2v) is 6.39. The van der Waals surface area contributed by atoms with E-state index in [1.165, 1.54) is 25.1 Å². The van der Waals surface area contributed by atoms with Gasteiger partial charge in [-0.1, -0.05) is 24.3 Å². The third-order valence-corrected chi connectivity index (χ3v) is 4.96. The van der Waals surface area contributed by atoms with Crippen molar-refractivity contribution >= 4 is 34.0 Å². The highest BCUT2D eigenvalue weighted by Crippen LogP contribution is 2.41. The van der Waals surface area contributed by atoms with E-state index in [1.54, 1.807) is 0 Å². The Bertz CT molecular complexity index is 1150. The average Bonchev–Trinajstić information content (AvgIpc) is 3.05. The second-order valence-electron chi connectivity index (χ2n) is 5.23. The molecule has 21 heavy (non-hydrogen) atoms. The molecule has 0 amide bonds. The van der Waals surface area contributed by atoms with Crippen molar-refractivity contribution in [3.05, 3.63) is 79.3 Å². The Morgan fingerprint density at radius 2 is 1.57 bits per heavy atom. The Hall–Kier alpha value is -2.01. The molecule has 0 bridgehead atoms. The predicted octanol–water partition coefficient (Wildman–Crippen LogP) is 3.77. The van der Waals surface area contributed by atoms with E-state index >= 15 is 0 Å². The first-order chi connectivity index (χ1) is 10.3. The summed E-state index contributed by atoms with van der Waals surface area (Å²) in [5, 5.41) is 4.52. The molecule has 0 unspecified atom stereocenters. The number of halogens is 1. The topological polar surface area (TPSA) is 24.7 Å². The molecule has 3 heteroatoms. The number of rotatable bonds is 0. The molecule has 0 spiro atoms. The van der Waals surface area contributed by atoms with E-state index < -0.39 is 0 Å². The normalized spacial score (nSPS) is 12.8. The zero-order chi connectivity index (χ0) is 14.0. The van der Waals surface area contributed by atoms with Gasteiger partial charge in [-0.3, -0.25) is 0 Å². The van der Waals surface area contributed by atoms with E-state index in [0.29, 0.717) is 0 Å². The Balaban J connectivity index is 2.03. The molecule has 0 N–H and O–H groups in total. The minimum absolute atomic E-state index is 1.03. The molecule has 98 valence electrons. The van der Waals surface area contributed by atoms with Gasteiger partial charge in [0.2, 0.25) is 0 Å². The monoisotopic (exact) mass is 380 g/mol. The van der Waals surface area contributed by atoms with Crippen LogP contribution in [0.4, 0.5) is 11.4 Å². The van der Waals surface area contributed by atoms with Gasteiger partial charge >= 0.3 is 0 Å². The molecule has 2 heterocycles. The summed E-state index contributed by atoms with van der Waals surface area (Å²) in [5.74, 6) is 0. The van der Waals surface area contributed by atoms with Crippen LogP contribution in [-0.2, 0) is 0 Å². The molecule has 3 aromatic carbocycles. The summed E-state index contributed by atoms with van der Waals surface area (Å²) in [6.45, 7) is 0. The van der Waals surface area contributed by atoms with Crippen molar-refractivity contribution in [2.24, 2.45) is 9.98 Å². The molecular weight excluding hydrogens is 371 g/mol. The molecule has 0 aromatic heterocycles. The Labute approximate surface area is 134 Å². The van der Waals surface area contributed by atoms with Gasteiger partial charge in [-0.05, 0) is 52.9 Å². The van der Waals surface area contributed by atoms with Crippen molar-refractivity contribution in [3.63, 3.8) is 0 Å². The molecule has 0 radical (unpaired) electrons. The van der Waals surface area contributed by atoms with E-state index in [-0.39, 0.29) is 0 Å². The van der Waals surface area contributed by atoms with E-state index in [9.17, 15) is 0 Å². The first-order valence-corrected chi connectivity index (χ1v) is 7.89. The lowest BCUT2D eigenvalue weighted by atomic mass is 10.0. The van der Waals surface area contributed by atoms with Crippen molar-refractivity contribution in [1.82, 2.24) is 0 Å². The summed E-state index contributed by atoms with van der Waals surface area (Å²) >= 11 is 2.39. The minimum Gasteiger partial charge on any atom is -0.248 e. The molecule has 5 rings (SSSR count). The maximum absolute atomic E-state index is 4.86. The highest BCUT2D eigenvalue weighted by molar-refractivity contribution is 14.1. The summed E-state index contributed by atoms with van der Waals surface area (Å²) < 4.78 is 1.23. The average molecular weight is 380 g/mol. The van der Waals surface area contributed by atoms with Crippen LogP contribution in [-0.4, -0.2) is 0 Å². The summed E-state index contributed by atoms with van der Waals surface area (Å²) in [6.07, 6.45) is 0. The van der Waals surface area contributed by atoms with Gasteiger partial charge in [-0.25, -0.2) is 9.98 Å². The van der Waals surface area contributed by atoms with Crippen LogP contribution in [0.3, 0.4) is 0 Å². The predicted molar refractivity (Wildman–Crippen MR) is 90.3 cm³/mol. The molecule has 0 fully saturated rings. The highest BCUT2D eigenvalue weighted by atomic mass is 127. The smallest absolute Gasteiger partial charge is 0.0817 e. The van der Waals surface area contributed by atoms with E-state index in [2.05, 4.69) is 71.1 Å². The first kappa shape index (κ1) is 11.6. The van der Waals surface area contributed by atoms with Gasteiger partial charge in [0.25, 0.3) is 0 Å². The van der Waals surface area contributed by atoms with Crippen molar-refractivity contribution in [2.45, 2.75) is 0 Å². The van der Waals surface area contributed by atoms with Crippen LogP contribution in [0.1, 0.15) is 0 Å². The maximum atomic E-state index is 4.86. The van der Waals surface area contributed by atoms with Gasteiger partial charge in [0.15, 0.2) is 0 Å². The van der Waals surface area contributed by atoms with E-state index in [1.807, 2.05) is 6.07 Å². The fourth-order valence-electron chi connectivity index (χ4n) is 3.16. The molecule has 2 aliphatic heterocycles. The Morgan fingerprint density at radius 1 is 0.667 bits per heavy atom. The molecule has 0 saturated heterocycles. The maximum Gasteiger partial charge on any atom is 0.0817 e. The number of hydrogen-bond acceptors (Lipinski definition) is 2. The second kappa shape index (κ2) is 4.01. The number of benzene rings is 3. The summed E-state index contributed by atoms with van der Waals surface area (Å²) in [6, 6.07) is 18.8. The van der Waals surface area contributed by atoms with Crippen LogP contribution >= 0.6 is 22.6 Å². The molecule has 2 aliphatic rings. The van der Waals surface area contributed by atoms with Gasteiger partial charge in [0, 0.05) is 25.1 Å². The molecule has 0 aliphatic carbocycles. The van der Waals surface area contributed by atoms with Crippen molar-refractivity contribution in [2.75, 3.05) is 0 Å². The largest absolute Gasteiger partial charge is 0.248 e. The lowest BCUT2D eigenvalue weighted by molar-refractivity contribution is 1.36. The molecule has 0 saturated carbocycles. The van der Waals surface area contributed by atoms with Crippen LogP contribution in [0, 0.1) is 14.0 Å². The zero-order valence-corrected chi connectivity index (χ0v) is 13.1. The third-order valence-electron chi connectivity index (χ3n) is 4.06. The van der Waals surface area contributed by atoms with Crippen molar-refractivity contribution < 1.29 is 0 Å². The van der Waals surface area contributed by atoms with Gasteiger partial charge in [-0.2, -0.15) is 0 Å². The highest BCUT2D eigenvalue weighted by Gasteiger charge is 2.21. The van der Waals surface area contributed by atoms with Gasteiger partial charge in [0.05, 0.1) is 22.1 Å². The molecule has 0 atom stereocenters. The van der Waals surface area contributed by atoms with Gasteiger partial charge in [-0.15, -0.1) is 0 Å². The van der Waals surface area contributed by atoms with Crippen LogP contribution < -0.4 is 10.7 Å². The lowest BCUT2D eigenvalue weighted by Crippen LogP contribution is -2.00. The standard InChI is InChI=1S/C18H9IN2/c19-12-5-3-7-14-16(12)17-15(20-14)9-8-11-10-4-1-2-6-13(10)21-18(11)17/h1-9H. The van der Waals surface area contributed by atoms with Gasteiger partial charge in [0.1, 0.15) is 0 Å². The summed E-state index contributed by atoms with van der Waals surface area (Å²) in [4.78, 5) is 9.61. The quantitative estimate of drug-likeness (QED) is 0.366. The third kappa shape index (κ3) is 1.47. The fraction of sp³-hybridized carbons (Fsp3) is 0. The van der Waals surface area contributed by atoms with Crippen LogP contribution in [0.2, 0.25) is 0 Å². The molecule has 2 nitrogen and oxygen atoms in total. The number of nitrogens with zero attached hydrogens (tertiary/aromatic N) is 2. The summed E-state index contributed by atoms with van der Waals surface area (Å²) in [7, 11) is 0. The first-order valence-electron chi connectivity index (χ1n) is 6.82. The Morgan fingerprint density at radius 3 is 2.52 bits per heavy atom. The minimum atomic E-state index is 1.03. The van der Waals surface area contributed by atoms with Crippen molar-refractivity contribution in [3.8, 4) is 11.1 Å². The van der Waals surface area contributed by atoms with Crippen LogP contribution in [0.15, 0.2) is 64.6 Å². The number of hydrogen-bond donors (Lipinski definition) is 0. The summed E-state index contributed by atoms with van der Waals surface area (Å²) in [5.41, 5.74) is 4.53. The lowest BCUT2D eigenvalue weighted by Gasteiger charge is -2.05. The Kier molecular flexibility index (Phi) is 2.22. The number of para-hydroxylation sites is 1. The molecular formula is C18H9IN2. The van der Waals surface area contributed by atoms with E-state index in [4.69, 9.17) is 9.98 Å². The van der Waals surface area contributed by atoms with Crippen LogP contribution in [0.5, 0.6) is 0 Å². The van der Waals surface area contributed by atoms with Gasteiger partial charge < -0.3 is 0 Å². The van der Waals surface area contributed by atoms with Crippen LogP contribution in [0.25, 0.3) is 11.1 Å². The zero-order valence-electron chi connectivity index (χ0n) is 11.0. The molecule has 3 aromatic rings. The number of fused-ring (bicyclic) bond motifs is 6. The van der Waals surface area contributed by atoms with Crippen molar-refractivity contribution in [1.29, 1.82) is 0 Å². The fourth-order valence-corrected chi connectivity index (χ4v) is 3.91. The van der Waals surface area contributed by atoms with E-state index in [0.717, 1.165) is 22.1 Å². The SMILES string of the molecule is Ic1cccc2c1-c1c3c(ccc1=N2)=c1ccccc1=N3.